The molecule has 0 saturated carbocycles. The quantitative estimate of drug-likeness (QED) is 0.827. The summed E-state index contributed by atoms with van der Waals surface area (Å²) in [4.78, 5) is 14.5. The lowest BCUT2D eigenvalue weighted by Crippen LogP contribution is -2.45. The van der Waals surface area contributed by atoms with E-state index in [1.807, 2.05) is 19.1 Å². The van der Waals surface area contributed by atoms with E-state index in [0.29, 0.717) is 11.6 Å². The largest absolute Gasteiger partial charge is 0.464 e. The van der Waals surface area contributed by atoms with Crippen molar-refractivity contribution in [2.75, 3.05) is 26.2 Å². The van der Waals surface area contributed by atoms with E-state index in [9.17, 15) is 9.90 Å². The maximum atomic E-state index is 12.2. The molecular weight excluding hydrogens is 340 g/mol. The SMILES string of the molecule is Cc1cc2occ(CC(=O)NCCN3CCCCC3CO)c2cc1Cl. The van der Waals surface area contributed by atoms with E-state index in [4.69, 9.17) is 16.0 Å². The highest BCUT2D eigenvalue weighted by atomic mass is 35.5. The Morgan fingerprint density at radius 1 is 1.44 bits per heavy atom. The van der Waals surface area contributed by atoms with Crippen LogP contribution in [0.4, 0.5) is 0 Å². The van der Waals surface area contributed by atoms with Crippen molar-refractivity contribution in [3.63, 3.8) is 0 Å². The van der Waals surface area contributed by atoms with Crippen molar-refractivity contribution in [1.82, 2.24) is 10.2 Å². The Hall–Kier alpha value is -1.56. The van der Waals surface area contributed by atoms with Crippen LogP contribution >= 0.6 is 11.6 Å². The molecule has 1 aromatic heterocycles. The van der Waals surface area contributed by atoms with E-state index in [2.05, 4.69) is 10.2 Å². The second-order valence-electron chi connectivity index (χ2n) is 6.75. The van der Waals surface area contributed by atoms with Gasteiger partial charge >= 0.3 is 0 Å². The first-order chi connectivity index (χ1) is 12.1. The zero-order valence-corrected chi connectivity index (χ0v) is 15.3. The van der Waals surface area contributed by atoms with Gasteiger partial charge in [-0.25, -0.2) is 0 Å². The molecule has 6 heteroatoms. The molecule has 1 aromatic carbocycles. The van der Waals surface area contributed by atoms with Gasteiger partial charge in [0.05, 0.1) is 19.3 Å². The van der Waals surface area contributed by atoms with E-state index >= 15 is 0 Å². The number of aryl methyl sites for hydroxylation is 1. The minimum Gasteiger partial charge on any atom is -0.464 e. The van der Waals surface area contributed by atoms with Gasteiger partial charge in [0, 0.05) is 35.1 Å². The first-order valence-electron chi connectivity index (χ1n) is 8.86. The van der Waals surface area contributed by atoms with E-state index in [1.54, 1.807) is 6.26 Å². The molecule has 1 amide bonds. The van der Waals surface area contributed by atoms with E-state index in [1.165, 1.54) is 6.42 Å². The molecule has 2 heterocycles. The van der Waals surface area contributed by atoms with Crippen LogP contribution in [-0.2, 0) is 11.2 Å². The Balaban J connectivity index is 1.53. The Labute approximate surface area is 152 Å². The number of rotatable bonds is 6. The standard InChI is InChI=1S/C19H25ClN2O3/c1-13-8-18-16(10-17(13)20)14(12-25-18)9-19(24)21-5-7-22-6-3-2-4-15(22)11-23/h8,10,12,15,23H,2-7,9,11H2,1H3,(H,21,24). The van der Waals surface area contributed by atoms with Crippen molar-refractivity contribution in [3.05, 3.63) is 34.5 Å². The fourth-order valence-electron chi connectivity index (χ4n) is 3.47. The van der Waals surface area contributed by atoms with Crippen molar-refractivity contribution in [2.45, 2.75) is 38.6 Å². The summed E-state index contributed by atoms with van der Waals surface area (Å²) in [5.74, 6) is -0.0306. The fraction of sp³-hybridized carbons (Fsp3) is 0.526. The zero-order chi connectivity index (χ0) is 17.8. The predicted molar refractivity (Wildman–Crippen MR) is 99.0 cm³/mol. The monoisotopic (exact) mass is 364 g/mol. The van der Waals surface area contributed by atoms with Gasteiger partial charge in [0.2, 0.25) is 5.91 Å². The fourth-order valence-corrected chi connectivity index (χ4v) is 3.64. The van der Waals surface area contributed by atoms with Crippen LogP contribution in [0.15, 0.2) is 22.8 Å². The minimum atomic E-state index is -0.0306. The van der Waals surface area contributed by atoms with Crippen LogP contribution in [0.1, 0.15) is 30.4 Å². The molecule has 0 radical (unpaired) electrons. The van der Waals surface area contributed by atoms with E-state index in [-0.39, 0.29) is 25.0 Å². The summed E-state index contributed by atoms with van der Waals surface area (Å²) in [6.45, 7) is 4.47. The molecule has 136 valence electrons. The smallest absolute Gasteiger partial charge is 0.224 e. The van der Waals surface area contributed by atoms with Gasteiger partial charge in [0.25, 0.3) is 0 Å². The number of hydrogen-bond donors (Lipinski definition) is 2. The highest BCUT2D eigenvalue weighted by Crippen LogP contribution is 2.27. The van der Waals surface area contributed by atoms with Crippen molar-refractivity contribution >= 4 is 28.5 Å². The average Bonchev–Trinajstić information content (AvgIpc) is 2.97. The molecule has 5 nitrogen and oxygen atoms in total. The highest BCUT2D eigenvalue weighted by molar-refractivity contribution is 6.32. The number of benzene rings is 1. The third-order valence-electron chi connectivity index (χ3n) is 4.97. The van der Waals surface area contributed by atoms with E-state index < -0.39 is 0 Å². The Kier molecular flexibility index (Phi) is 5.99. The Morgan fingerprint density at radius 3 is 3.08 bits per heavy atom. The number of halogens is 1. The highest BCUT2D eigenvalue weighted by Gasteiger charge is 2.21. The van der Waals surface area contributed by atoms with Crippen LogP contribution in [0.3, 0.4) is 0 Å². The summed E-state index contributed by atoms with van der Waals surface area (Å²) in [6.07, 6.45) is 5.27. The Bertz CT molecular complexity index is 744. The molecule has 1 aliphatic heterocycles. The van der Waals surface area contributed by atoms with Crippen LogP contribution in [0.2, 0.25) is 5.02 Å². The minimum absolute atomic E-state index is 0.0306. The molecule has 1 unspecified atom stereocenters. The molecule has 2 aromatic rings. The van der Waals surface area contributed by atoms with Crippen LogP contribution in [0.5, 0.6) is 0 Å². The lowest BCUT2D eigenvalue weighted by atomic mass is 10.0. The molecule has 0 bridgehead atoms. The predicted octanol–water partition coefficient (Wildman–Crippen LogP) is 2.90. The number of carbonyl (C=O) groups excluding carboxylic acids is 1. The second kappa shape index (κ2) is 8.21. The molecule has 25 heavy (non-hydrogen) atoms. The number of hydrogen-bond acceptors (Lipinski definition) is 4. The summed E-state index contributed by atoms with van der Waals surface area (Å²) >= 11 is 6.18. The van der Waals surface area contributed by atoms with Crippen molar-refractivity contribution < 1.29 is 14.3 Å². The van der Waals surface area contributed by atoms with Gasteiger partial charge in [-0.2, -0.15) is 0 Å². The number of likely N-dealkylation sites (tertiary alicyclic amines) is 1. The molecule has 1 fully saturated rings. The molecule has 3 rings (SSSR count). The van der Waals surface area contributed by atoms with Crippen molar-refractivity contribution in [3.8, 4) is 0 Å². The molecule has 0 spiro atoms. The molecular formula is C19H25ClN2O3. The second-order valence-corrected chi connectivity index (χ2v) is 7.16. The van der Waals surface area contributed by atoms with Crippen molar-refractivity contribution in [1.29, 1.82) is 0 Å². The third kappa shape index (κ3) is 4.35. The van der Waals surface area contributed by atoms with Gasteiger partial charge in [0.15, 0.2) is 0 Å². The van der Waals surface area contributed by atoms with Gasteiger partial charge < -0.3 is 14.8 Å². The molecule has 1 aliphatic rings. The number of carbonyl (C=O) groups is 1. The van der Waals surface area contributed by atoms with Gasteiger partial charge in [0.1, 0.15) is 5.58 Å². The number of furan rings is 1. The summed E-state index contributed by atoms with van der Waals surface area (Å²) < 4.78 is 5.54. The number of fused-ring (bicyclic) bond motifs is 1. The number of nitrogens with one attached hydrogen (secondary N) is 1. The number of aliphatic hydroxyl groups excluding tert-OH is 1. The zero-order valence-electron chi connectivity index (χ0n) is 14.6. The average molecular weight is 365 g/mol. The van der Waals surface area contributed by atoms with Crippen LogP contribution in [0.25, 0.3) is 11.0 Å². The van der Waals surface area contributed by atoms with Crippen molar-refractivity contribution in [2.24, 2.45) is 0 Å². The summed E-state index contributed by atoms with van der Waals surface area (Å²) in [5.41, 5.74) is 2.56. The maximum Gasteiger partial charge on any atom is 0.224 e. The number of nitrogens with zero attached hydrogens (tertiary/aromatic N) is 1. The van der Waals surface area contributed by atoms with Crippen LogP contribution in [-0.4, -0.2) is 48.2 Å². The lowest BCUT2D eigenvalue weighted by Gasteiger charge is -2.34. The van der Waals surface area contributed by atoms with Gasteiger partial charge in [-0.05, 0) is 44.0 Å². The summed E-state index contributed by atoms with van der Waals surface area (Å²) in [5, 5.41) is 14.0. The first kappa shape index (κ1) is 18.2. The first-order valence-corrected chi connectivity index (χ1v) is 9.24. The number of aliphatic hydroxyl groups is 1. The van der Waals surface area contributed by atoms with Gasteiger partial charge in [-0.1, -0.05) is 18.0 Å². The van der Waals surface area contributed by atoms with Gasteiger partial charge in [-0.3, -0.25) is 9.69 Å². The van der Waals surface area contributed by atoms with E-state index in [0.717, 1.165) is 48.0 Å². The number of amides is 1. The van der Waals surface area contributed by atoms with Crippen LogP contribution < -0.4 is 5.32 Å². The molecule has 1 atom stereocenters. The maximum absolute atomic E-state index is 12.2. The van der Waals surface area contributed by atoms with Gasteiger partial charge in [-0.15, -0.1) is 0 Å². The normalized spacial score (nSPS) is 18.6. The lowest BCUT2D eigenvalue weighted by molar-refractivity contribution is -0.120. The molecule has 1 saturated heterocycles. The molecule has 0 aliphatic carbocycles. The Morgan fingerprint density at radius 2 is 2.28 bits per heavy atom. The van der Waals surface area contributed by atoms with Crippen LogP contribution in [0, 0.1) is 6.92 Å². The topological polar surface area (TPSA) is 65.7 Å². The third-order valence-corrected chi connectivity index (χ3v) is 5.37. The number of piperidine rings is 1. The summed E-state index contributed by atoms with van der Waals surface area (Å²) in [6, 6.07) is 3.98. The summed E-state index contributed by atoms with van der Waals surface area (Å²) in [7, 11) is 0. The molecule has 2 N–H and O–H groups in total.